The predicted octanol–water partition coefficient (Wildman–Crippen LogP) is -0.876. The van der Waals surface area contributed by atoms with Gasteiger partial charge in [0.25, 0.3) is 0 Å². The molecule has 0 aliphatic carbocycles. The van der Waals surface area contributed by atoms with Crippen LogP contribution in [0.2, 0.25) is 0 Å². The van der Waals surface area contributed by atoms with Gasteiger partial charge in [0.2, 0.25) is 5.91 Å². The second kappa shape index (κ2) is 5.20. The van der Waals surface area contributed by atoms with Gasteiger partial charge in [-0.05, 0) is 13.3 Å². The summed E-state index contributed by atoms with van der Waals surface area (Å²) >= 11 is 0. The molecule has 1 fully saturated rings. The molecule has 0 radical (unpaired) electrons. The monoisotopic (exact) mass is 236 g/mol. The normalized spacial score (nSPS) is 23.6. The number of hydrogen-bond donors (Lipinski definition) is 3. The van der Waals surface area contributed by atoms with Crippen LogP contribution in [0.25, 0.3) is 0 Å². The number of aliphatic hydroxyl groups is 1. The number of carbonyl (C=O) groups excluding carboxylic acids is 1. The van der Waals surface area contributed by atoms with E-state index in [4.69, 9.17) is 0 Å². The van der Waals surface area contributed by atoms with Crippen LogP contribution in [0, 0.1) is 6.92 Å². The standard InChI is InChI=1S/C11H16N4O2/c1-7-3-13-8(4-12-7)5-15-11(17)10-2-9(16)6-14-10/h3-4,9-10,14,16H,2,5-6H2,1H3,(H,15,17). The van der Waals surface area contributed by atoms with E-state index in [-0.39, 0.29) is 11.9 Å². The highest BCUT2D eigenvalue weighted by molar-refractivity contribution is 5.82. The first kappa shape index (κ1) is 11.9. The summed E-state index contributed by atoms with van der Waals surface area (Å²) < 4.78 is 0. The zero-order valence-electron chi connectivity index (χ0n) is 9.68. The third-order valence-electron chi connectivity index (χ3n) is 2.70. The topological polar surface area (TPSA) is 87.1 Å². The van der Waals surface area contributed by atoms with E-state index in [1.807, 2.05) is 6.92 Å². The maximum atomic E-state index is 11.7. The number of aliphatic hydroxyl groups excluding tert-OH is 1. The van der Waals surface area contributed by atoms with Gasteiger partial charge >= 0.3 is 0 Å². The lowest BCUT2D eigenvalue weighted by molar-refractivity contribution is -0.123. The van der Waals surface area contributed by atoms with E-state index < -0.39 is 6.10 Å². The first-order valence-corrected chi connectivity index (χ1v) is 5.62. The van der Waals surface area contributed by atoms with Gasteiger partial charge in [-0.3, -0.25) is 14.8 Å². The Kier molecular flexibility index (Phi) is 3.65. The van der Waals surface area contributed by atoms with Crippen LogP contribution in [0.4, 0.5) is 0 Å². The summed E-state index contributed by atoms with van der Waals surface area (Å²) in [6.07, 6.45) is 3.35. The van der Waals surface area contributed by atoms with Crippen molar-refractivity contribution in [2.24, 2.45) is 0 Å². The van der Waals surface area contributed by atoms with Crippen LogP contribution in [-0.2, 0) is 11.3 Å². The Labute approximate surface area is 99.5 Å². The third kappa shape index (κ3) is 3.21. The average Bonchev–Trinajstić information content (AvgIpc) is 2.75. The van der Waals surface area contributed by atoms with Crippen LogP contribution in [0.1, 0.15) is 17.8 Å². The molecule has 0 saturated carbocycles. The smallest absolute Gasteiger partial charge is 0.237 e. The molecule has 0 spiro atoms. The zero-order chi connectivity index (χ0) is 12.3. The molecule has 1 aliphatic heterocycles. The van der Waals surface area contributed by atoms with Gasteiger partial charge < -0.3 is 15.7 Å². The fourth-order valence-electron chi connectivity index (χ4n) is 1.73. The lowest BCUT2D eigenvalue weighted by Gasteiger charge is -2.10. The van der Waals surface area contributed by atoms with Crippen molar-refractivity contribution < 1.29 is 9.90 Å². The number of hydrogen-bond acceptors (Lipinski definition) is 5. The van der Waals surface area contributed by atoms with E-state index in [2.05, 4.69) is 20.6 Å². The van der Waals surface area contributed by atoms with Crippen molar-refractivity contribution in [3.63, 3.8) is 0 Å². The largest absolute Gasteiger partial charge is 0.392 e. The fraction of sp³-hybridized carbons (Fsp3) is 0.545. The van der Waals surface area contributed by atoms with E-state index >= 15 is 0 Å². The summed E-state index contributed by atoms with van der Waals surface area (Å²) in [6, 6.07) is -0.302. The molecule has 6 nitrogen and oxygen atoms in total. The van der Waals surface area contributed by atoms with Gasteiger partial charge in [0.05, 0.1) is 36.3 Å². The molecule has 2 unspecified atom stereocenters. The maximum absolute atomic E-state index is 11.7. The Morgan fingerprint density at radius 1 is 1.59 bits per heavy atom. The molecule has 1 aromatic heterocycles. The minimum absolute atomic E-state index is 0.107. The second-order valence-electron chi connectivity index (χ2n) is 4.22. The van der Waals surface area contributed by atoms with Crippen molar-refractivity contribution in [1.82, 2.24) is 20.6 Å². The van der Waals surface area contributed by atoms with Crippen molar-refractivity contribution in [1.29, 1.82) is 0 Å². The molecular weight excluding hydrogens is 220 g/mol. The molecule has 0 bridgehead atoms. The van der Waals surface area contributed by atoms with E-state index in [1.165, 1.54) is 0 Å². The average molecular weight is 236 g/mol. The predicted molar refractivity (Wildman–Crippen MR) is 61.0 cm³/mol. The fourth-order valence-corrected chi connectivity index (χ4v) is 1.73. The molecule has 1 aromatic rings. The molecule has 2 atom stereocenters. The summed E-state index contributed by atoms with van der Waals surface area (Å²) in [4.78, 5) is 19.9. The maximum Gasteiger partial charge on any atom is 0.237 e. The van der Waals surface area contributed by atoms with Crippen molar-refractivity contribution in [3.05, 3.63) is 23.8 Å². The number of β-amino-alcohol motifs (C(OH)–C–C–N with tert-alkyl or cyclic N) is 1. The molecular formula is C11H16N4O2. The molecule has 2 rings (SSSR count). The van der Waals surface area contributed by atoms with Gasteiger partial charge in [-0.1, -0.05) is 0 Å². The number of aromatic nitrogens is 2. The number of aryl methyl sites for hydroxylation is 1. The van der Waals surface area contributed by atoms with Gasteiger partial charge in [0.1, 0.15) is 0 Å². The minimum Gasteiger partial charge on any atom is -0.392 e. The molecule has 1 amide bonds. The van der Waals surface area contributed by atoms with Crippen LogP contribution in [0.5, 0.6) is 0 Å². The zero-order valence-corrected chi connectivity index (χ0v) is 9.68. The number of rotatable bonds is 3. The summed E-state index contributed by atoms with van der Waals surface area (Å²) in [5.74, 6) is -0.107. The van der Waals surface area contributed by atoms with Gasteiger partial charge in [0.15, 0.2) is 0 Å². The summed E-state index contributed by atoms with van der Waals surface area (Å²) in [6.45, 7) is 2.70. The van der Waals surface area contributed by atoms with Crippen LogP contribution in [0.3, 0.4) is 0 Å². The Bertz CT molecular complexity index is 393. The highest BCUT2D eigenvalue weighted by atomic mass is 16.3. The van der Waals surface area contributed by atoms with Crippen LogP contribution >= 0.6 is 0 Å². The molecule has 3 N–H and O–H groups in total. The Hall–Kier alpha value is -1.53. The quantitative estimate of drug-likeness (QED) is 0.634. The molecule has 17 heavy (non-hydrogen) atoms. The Morgan fingerprint density at radius 2 is 2.41 bits per heavy atom. The van der Waals surface area contributed by atoms with Crippen molar-refractivity contribution in [2.75, 3.05) is 6.54 Å². The highest BCUT2D eigenvalue weighted by Gasteiger charge is 2.27. The minimum atomic E-state index is -0.426. The number of carbonyl (C=O) groups is 1. The van der Waals surface area contributed by atoms with E-state index in [1.54, 1.807) is 12.4 Å². The van der Waals surface area contributed by atoms with Gasteiger partial charge in [-0.2, -0.15) is 0 Å². The van der Waals surface area contributed by atoms with Crippen LogP contribution in [-0.4, -0.2) is 39.7 Å². The number of nitrogens with one attached hydrogen (secondary N) is 2. The molecule has 1 saturated heterocycles. The van der Waals surface area contributed by atoms with E-state index in [9.17, 15) is 9.90 Å². The number of nitrogens with zero attached hydrogens (tertiary/aromatic N) is 2. The molecule has 0 aromatic carbocycles. The summed E-state index contributed by atoms with van der Waals surface area (Å²) in [7, 11) is 0. The van der Waals surface area contributed by atoms with E-state index in [0.29, 0.717) is 19.5 Å². The second-order valence-corrected chi connectivity index (χ2v) is 4.22. The number of amides is 1. The molecule has 92 valence electrons. The third-order valence-corrected chi connectivity index (χ3v) is 2.70. The lowest BCUT2D eigenvalue weighted by atomic mass is 10.2. The Balaban J connectivity index is 1.82. The van der Waals surface area contributed by atoms with E-state index in [0.717, 1.165) is 11.4 Å². The van der Waals surface area contributed by atoms with Crippen LogP contribution in [0.15, 0.2) is 12.4 Å². The summed E-state index contributed by atoms with van der Waals surface area (Å²) in [5.41, 5.74) is 1.57. The lowest BCUT2D eigenvalue weighted by Crippen LogP contribution is -2.40. The highest BCUT2D eigenvalue weighted by Crippen LogP contribution is 2.06. The molecule has 2 heterocycles. The van der Waals surface area contributed by atoms with Gasteiger partial charge in [-0.25, -0.2) is 0 Å². The molecule has 6 heteroatoms. The van der Waals surface area contributed by atoms with Crippen LogP contribution < -0.4 is 10.6 Å². The van der Waals surface area contributed by atoms with Crippen molar-refractivity contribution in [3.8, 4) is 0 Å². The Morgan fingerprint density at radius 3 is 3.00 bits per heavy atom. The first-order valence-electron chi connectivity index (χ1n) is 5.62. The van der Waals surface area contributed by atoms with Gasteiger partial charge in [0, 0.05) is 12.7 Å². The first-order chi connectivity index (χ1) is 8.15. The summed E-state index contributed by atoms with van der Waals surface area (Å²) in [5, 5.41) is 15.0. The van der Waals surface area contributed by atoms with Gasteiger partial charge in [-0.15, -0.1) is 0 Å². The molecule has 1 aliphatic rings. The SMILES string of the molecule is Cc1cnc(CNC(=O)C2CC(O)CN2)cn1. The van der Waals surface area contributed by atoms with Crippen molar-refractivity contribution in [2.45, 2.75) is 32.0 Å². The van der Waals surface area contributed by atoms with Crippen molar-refractivity contribution >= 4 is 5.91 Å².